The minimum absolute atomic E-state index is 0.247. The van der Waals surface area contributed by atoms with Gasteiger partial charge in [-0.3, -0.25) is 0 Å². The van der Waals surface area contributed by atoms with Crippen molar-refractivity contribution >= 4 is 11.6 Å². The minimum Gasteiger partial charge on any atom is -0.491 e. The second-order valence-electron chi connectivity index (χ2n) is 3.17. The predicted molar refractivity (Wildman–Crippen MR) is 60.2 cm³/mol. The number of imidazole rings is 1. The average Bonchev–Trinajstić information content (AvgIpc) is 2.68. The topological polar surface area (TPSA) is 37.9 Å². The highest BCUT2D eigenvalue weighted by atomic mass is 35.5. The zero-order valence-electron chi connectivity index (χ0n) is 8.63. The highest BCUT2D eigenvalue weighted by molar-refractivity contribution is 6.28. The molecule has 0 atom stereocenters. The molecule has 84 valence electrons. The lowest BCUT2D eigenvalue weighted by atomic mass is 10.1. The fourth-order valence-corrected chi connectivity index (χ4v) is 1.54. The van der Waals surface area contributed by atoms with Crippen molar-refractivity contribution in [3.63, 3.8) is 0 Å². The highest BCUT2D eigenvalue weighted by Crippen LogP contribution is 2.25. The van der Waals surface area contributed by atoms with Gasteiger partial charge in [-0.25, -0.2) is 9.37 Å². The lowest BCUT2D eigenvalue weighted by Gasteiger charge is -2.05. The van der Waals surface area contributed by atoms with Crippen molar-refractivity contribution in [3.05, 3.63) is 35.5 Å². The van der Waals surface area contributed by atoms with Crippen LogP contribution in [0.5, 0.6) is 5.75 Å². The maximum absolute atomic E-state index is 13.5. The normalized spacial score (nSPS) is 10.4. The molecule has 0 fully saturated rings. The van der Waals surface area contributed by atoms with Crippen molar-refractivity contribution in [1.82, 2.24) is 9.97 Å². The van der Waals surface area contributed by atoms with Gasteiger partial charge < -0.3 is 9.72 Å². The van der Waals surface area contributed by atoms with Crippen LogP contribution in [0.3, 0.4) is 0 Å². The smallest absolute Gasteiger partial charge is 0.200 e. The van der Waals surface area contributed by atoms with Gasteiger partial charge >= 0.3 is 0 Å². The highest BCUT2D eigenvalue weighted by Gasteiger charge is 2.07. The molecule has 1 aromatic carbocycles. The average molecular weight is 241 g/mol. The van der Waals surface area contributed by atoms with E-state index < -0.39 is 5.82 Å². The summed E-state index contributed by atoms with van der Waals surface area (Å²) >= 11 is 5.65. The van der Waals surface area contributed by atoms with Gasteiger partial charge in [0, 0.05) is 5.56 Å². The number of nitrogens with one attached hydrogen (secondary N) is 1. The fourth-order valence-electron chi connectivity index (χ4n) is 1.38. The quantitative estimate of drug-likeness (QED) is 0.894. The van der Waals surface area contributed by atoms with Crippen LogP contribution in [0.1, 0.15) is 6.92 Å². The lowest BCUT2D eigenvalue weighted by molar-refractivity contribution is 0.321. The van der Waals surface area contributed by atoms with Crippen LogP contribution in [0, 0.1) is 5.82 Å². The molecule has 0 saturated heterocycles. The van der Waals surface area contributed by atoms with Gasteiger partial charge in [0.25, 0.3) is 0 Å². The molecule has 0 aliphatic rings. The third-order valence-corrected chi connectivity index (χ3v) is 2.28. The van der Waals surface area contributed by atoms with Crippen molar-refractivity contribution in [1.29, 1.82) is 0 Å². The number of hydrogen-bond acceptors (Lipinski definition) is 2. The number of nitrogens with zero attached hydrogens (tertiary/aromatic N) is 1. The number of aromatic nitrogens is 2. The van der Waals surface area contributed by atoms with Gasteiger partial charge in [-0.2, -0.15) is 0 Å². The number of aromatic amines is 1. The van der Waals surface area contributed by atoms with Crippen molar-refractivity contribution in [2.75, 3.05) is 6.61 Å². The van der Waals surface area contributed by atoms with Crippen LogP contribution < -0.4 is 4.74 Å². The molecule has 2 aromatic rings. The van der Waals surface area contributed by atoms with Crippen LogP contribution in [-0.4, -0.2) is 16.6 Å². The summed E-state index contributed by atoms with van der Waals surface area (Å²) in [6, 6.07) is 4.72. The first kappa shape index (κ1) is 11.0. The lowest BCUT2D eigenvalue weighted by Crippen LogP contribution is -1.94. The Morgan fingerprint density at radius 1 is 1.50 bits per heavy atom. The SMILES string of the molecule is CCOc1ccc(-c2cnc(Cl)[nH]2)cc1F. The van der Waals surface area contributed by atoms with Gasteiger partial charge in [-0.05, 0) is 36.7 Å². The number of rotatable bonds is 3. The van der Waals surface area contributed by atoms with E-state index in [0.29, 0.717) is 17.9 Å². The maximum Gasteiger partial charge on any atom is 0.200 e. The second-order valence-corrected chi connectivity index (χ2v) is 3.52. The molecule has 0 amide bonds. The van der Waals surface area contributed by atoms with E-state index in [0.717, 1.165) is 0 Å². The molecule has 0 radical (unpaired) electrons. The van der Waals surface area contributed by atoms with Gasteiger partial charge in [0.2, 0.25) is 0 Å². The van der Waals surface area contributed by atoms with E-state index in [2.05, 4.69) is 9.97 Å². The van der Waals surface area contributed by atoms with Crippen LogP contribution in [0.25, 0.3) is 11.3 Å². The number of benzene rings is 1. The molecule has 2 rings (SSSR count). The molecular formula is C11H10ClFN2O. The Bertz CT molecular complexity index is 498. The van der Waals surface area contributed by atoms with Crippen molar-refractivity contribution in [3.8, 4) is 17.0 Å². The zero-order valence-corrected chi connectivity index (χ0v) is 9.38. The monoisotopic (exact) mass is 240 g/mol. The number of halogens is 2. The second kappa shape index (κ2) is 4.53. The van der Waals surface area contributed by atoms with Crippen molar-refractivity contribution < 1.29 is 9.13 Å². The van der Waals surface area contributed by atoms with Crippen LogP contribution in [-0.2, 0) is 0 Å². The summed E-state index contributed by atoms with van der Waals surface area (Å²) in [6.45, 7) is 2.24. The van der Waals surface area contributed by atoms with E-state index in [1.807, 2.05) is 6.92 Å². The molecule has 0 saturated carbocycles. The first-order valence-corrected chi connectivity index (χ1v) is 5.21. The first-order valence-electron chi connectivity index (χ1n) is 4.84. The maximum atomic E-state index is 13.5. The van der Waals surface area contributed by atoms with E-state index in [4.69, 9.17) is 16.3 Å². The van der Waals surface area contributed by atoms with Crippen LogP contribution >= 0.6 is 11.6 Å². The first-order chi connectivity index (χ1) is 7.70. The summed E-state index contributed by atoms with van der Waals surface area (Å²) in [4.78, 5) is 6.66. The van der Waals surface area contributed by atoms with E-state index in [1.54, 1.807) is 18.3 Å². The van der Waals surface area contributed by atoms with Gasteiger partial charge in [0.15, 0.2) is 16.9 Å². The molecule has 1 aromatic heterocycles. The number of hydrogen-bond donors (Lipinski definition) is 1. The summed E-state index contributed by atoms with van der Waals surface area (Å²) in [5.74, 6) is -0.151. The third-order valence-electron chi connectivity index (χ3n) is 2.09. The Morgan fingerprint density at radius 2 is 2.31 bits per heavy atom. The molecule has 0 aliphatic carbocycles. The Hall–Kier alpha value is -1.55. The van der Waals surface area contributed by atoms with E-state index in [1.165, 1.54) is 6.07 Å². The summed E-state index contributed by atoms with van der Waals surface area (Å²) in [5, 5.41) is 0.282. The molecule has 0 spiro atoms. The standard InChI is InChI=1S/C11H10ClFN2O/c1-2-16-10-4-3-7(5-8(10)13)9-6-14-11(12)15-9/h3-6H,2H2,1H3,(H,14,15). The molecular weight excluding hydrogens is 231 g/mol. The number of ether oxygens (including phenoxy) is 1. The minimum atomic E-state index is -0.398. The van der Waals surface area contributed by atoms with Crippen molar-refractivity contribution in [2.45, 2.75) is 6.92 Å². The Labute approximate surface area is 97.2 Å². The van der Waals surface area contributed by atoms with Gasteiger partial charge in [0.05, 0.1) is 18.5 Å². The van der Waals surface area contributed by atoms with Crippen molar-refractivity contribution in [2.24, 2.45) is 0 Å². The van der Waals surface area contributed by atoms with E-state index in [9.17, 15) is 4.39 Å². The number of H-pyrrole nitrogens is 1. The molecule has 0 bridgehead atoms. The Morgan fingerprint density at radius 3 is 2.88 bits per heavy atom. The summed E-state index contributed by atoms with van der Waals surface area (Å²) in [6.07, 6.45) is 1.55. The molecule has 0 unspecified atom stereocenters. The molecule has 0 aliphatic heterocycles. The fraction of sp³-hybridized carbons (Fsp3) is 0.182. The molecule has 1 heterocycles. The van der Waals surface area contributed by atoms with Crippen LogP contribution in [0.15, 0.2) is 24.4 Å². The largest absolute Gasteiger partial charge is 0.491 e. The van der Waals surface area contributed by atoms with Crippen LogP contribution in [0.2, 0.25) is 5.28 Å². The van der Waals surface area contributed by atoms with E-state index in [-0.39, 0.29) is 11.0 Å². The third kappa shape index (κ3) is 2.17. The summed E-state index contributed by atoms with van der Waals surface area (Å²) < 4.78 is 18.6. The van der Waals surface area contributed by atoms with E-state index >= 15 is 0 Å². The molecule has 3 nitrogen and oxygen atoms in total. The summed E-state index contributed by atoms with van der Waals surface area (Å²) in [5.41, 5.74) is 1.35. The van der Waals surface area contributed by atoms with Gasteiger partial charge in [-0.15, -0.1) is 0 Å². The predicted octanol–water partition coefficient (Wildman–Crippen LogP) is 3.27. The zero-order chi connectivity index (χ0) is 11.5. The van der Waals surface area contributed by atoms with Crippen LogP contribution in [0.4, 0.5) is 4.39 Å². The summed E-state index contributed by atoms with van der Waals surface area (Å²) in [7, 11) is 0. The molecule has 1 N–H and O–H groups in total. The van der Waals surface area contributed by atoms with Gasteiger partial charge in [0.1, 0.15) is 0 Å². The Kier molecular flexibility index (Phi) is 3.10. The molecule has 5 heteroatoms. The van der Waals surface area contributed by atoms with Gasteiger partial charge in [-0.1, -0.05) is 0 Å². The Balaban J connectivity index is 2.34. The molecule has 16 heavy (non-hydrogen) atoms.